The summed E-state index contributed by atoms with van der Waals surface area (Å²) < 4.78 is 5.56. The molecule has 0 heterocycles. The molecule has 0 aromatic rings. The molecule has 1 fully saturated rings. The van der Waals surface area contributed by atoms with E-state index < -0.39 is 12.3 Å². The number of hydrogen-bond donors (Lipinski definition) is 4. The summed E-state index contributed by atoms with van der Waals surface area (Å²) in [5.74, 6) is 0.0329. The molecule has 0 bridgehead atoms. The number of aliphatic hydroxyl groups excluding tert-OH is 1. The lowest BCUT2D eigenvalue weighted by molar-refractivity contribution is -0.129. The highest BCUT2D eigenvalue weighted by Gasteiger charge is 2.21. The third-order valence-electron chi connectivity index (χ3n) is 4.78. The molecule has 0 aromatic carbocycles. The molecule has 1 aliphatic rings. The van der Waals surface area contributed by atoms with E-state index in [1.54, 1.807) is 0 Å². The van der Waals surface area contributed by atoms with E-state index in [2.05, 4.69) is 16.0 Å². The van der Waals surface area contributed by atoms with E-state index in [0.717, 1.165) is 12.8 Å². The summed E-state index contributed by atoms with van der Waals surface area (Å²) in [4.78, 5) is 24.3. The molecular weight excluding hydrogens is 346 g/mol. The number of hydrogen-bond acceptors (Lipinski definition) is 5. The molecule has 1 rings (SSSR count). The molecule has 2 atom stereocenters. The molecule has 4 N–H and O–H groups in total. The van der Waals surface area contributed by atoms with Gasteiger partial charge in [-0.2, -0.15) is 0 Å². The summed E-state index contributed by atoms with van der Waals surface area (Å²) >= 11 is 0. The fourth-order valence-electron chi connectivity index (χ4n) is 3.29. The maximum atomic E-state index is 12.2. The van der Waals surface area contributed by atoms with E-state index in [-0.39, 0.29) is 24.0 Å². The summed E-state index contributed by atoms with van der Waals surface area (Å²) in [6.07, 6.45) is 6.55. The number of aliphatic hydroxyl groups is 1. The molecule has 0 saturated heterocycles. The number of ether oxygens (including phenoxy) is 1. The minimum absolute atomic E-state index is 0.00476. The molecule has 2 unspecified atom stereocenters. The van der Waals surface area contributed by atoms with Gasteiger partial charge in [0.25, 0.3) is 0 Å². The van der Waals surface area contributed by atoms with E-state index in [1.807, 2.05) is 27.7 Å². The molecule has 7 heteroatoms. The summed E-state index contributed by atoms with van der Waals surface area (Å²) in [5, 5.41) is 18.4. The standard InChI is InChI=1S/C20H39N3O4/c1-5-16(19(26)21-11-12-27-20(2,3)4)23-18(25)14-22-17(24)13-15-9-7-6-8-10-15/h15-17,22,24H,5-14H2,1-4H3,(H,21,26)(H,23,25). The van der Waals surface area contributed by atoms with E-state index in [9.17, 15) is 14.7 Å². The van der Waals surface area contributed by atoms with Crippen LogP contribution in [0.5, 0.6) is 0 Å². The highest BCUT2D eigenvalue weighted by atomic mass is 16.5. The van der Waals surface area contributed by atoms with Gasteiger partial charge in [-0.25, -0.2) is 0 Å². The zero-order chi connectivity index (χ0) is 20.3. The van der Waals surface area contributed by atoms with Crippen LogP contribution >= 0.6 is 0 Å². The van der Waals surface area contributed by atoms with Crippen LogP contribution in [-0.4, -0.2) is 54.5 Å². The summed E-state index contributed by atoms with van der Waals surface area (Å²) in [5.41, 5.74) is -0.243. The van der Waals surface area contributed by atoms with Gasteiger partial charge in [0.05, 0.1) is 18.8 Å². The SMILES string of the molecule is CCC(NC(=O)CNC(O)CC1CCCCC1)C(=O)NCCOC(C)(C)C. The zero-order valence-electron chi connectivity index (χ0n) is 17.5. The van der Waals surface area contributed by atoms with Gasteiger partial charge in [0.2, 0.25) is 11.8 Å². The Hall–Kier alpha value is -1.18. The van der Waals surface area contributed by atoms with Crippen LogP contribution in [0, 0.1) is 5.92 Å². The molecule has 1 aliphatic carbocycles. The third kappa shape index (κ3) is 11.3. The van der Waals surface area contributed by atoms with Gasteiger partial charge in [0.15, 0.2) is 0 Å². The maximum Gasteiger partial charge on any atom is 0.242 e. The molecule has 2 amide bonds. The van der Waals surface area contributed by atoms with E-state index >= 15 is 0 Å². The van der Waals surface area contributed by atoms with Gasteiger partial charge in [-0.15, -0.1) is 0 Å². The average molecular weight is 386 g/mol. The lowest BCUT2D eigenvalue weighted by atomic mass is 9.86. The topological polar surface area (TPSA) is 99.7 Å². The van der Waals surface area contributed by atoms with Crippen molar-refractivity contribution in [1.29, 1.82) is 0 Å². The minimum Gasteiger partial charge on any atom is -0.379 e. The monoisotopic (exact) mass is 385 g/mol. The van der Waals surface area contributed by atoms with Crippen LogP contribution in [0.15, 0.2) is 0 Å². The number of nitrogens with one attached hydrogen (secondary N) is 3. The van der Waals surface area contributed by atoms with Gasteiger partial charge in [0.1, 0.15) is 12.3 Å². The van der Waals surface area contributed by atoms with Crippen LogP contribution in [-0.2, 0) is 14.3 Å². The molecule has 0 radical (unpaired) electrons. The van der Waals surface area contributed by atoms with Crippen LogP contribution in [0.1, 0.15) is 72.6 Å². The normalized spacial score (nSPS) is 18.0. The molecular formula is C20H39N3O4. The van der Waals surface area contributed by atoms with Gasteiger partial charge in [-0.3, -0.25) is 14.9 Å². The van der Waals surface area contributed by atoms with Crippen molar-refractivity contribution < 1.29 is 19.4 Å². The van der Waals surface area contributed by atoms with Gasteiger partial charge in [-0.05, 0) is 39.5 Å². The first-order valence-electron chi connectivity index (χ1n) is 10.3. The largest absolute Gasteiger partial charge is 0.379 e. The van der Waals surface area contributed by atoms with Gasteiger partial charge >= 0.3 is 0 Å². The Balaban J connectivity index is 2.23. The lowest BCUT2D eigenvalue weighted by Crippen LogP contribution is -2.50. The predicted octanol–water partition coefficient (Wildman–Crippen LogP) is 1.69. The Labute approximate surface area is 164 Å². The first-order chi connectivity index (χ1) is 12.7. The molecule has 0 spiro atoms. The van der Waals surface area contributed by atoms with Gasteiger partial charge in [0, 0.05) is 6.54 Å². The quantitative estimate of drug-likeness (QED) is 0.320. The number of rotatable bonds is 11. The van der Waals surface area contributed by atoms with Crippen molar-refractivity contribution in [3.63, 3.8) is 0 Å². The first kappa shape index (κ1) is 23.9. The Morgan fingerprint density at radius 2 is 1.85 bits per heavy atom. The highest BCUT2D eigenvalue weighted by molar-refractivity contribution is 5.88. The number of carbonyl (C=O) groups is 2. The van der Waals surface area contributed by atoms with E-state index in [0.29, 0.717) is 31.9 Å². The average Bonchev–Trinajstić information content (AvgIpc) is 2.61. The molecule has 158 valence electrons. The van der Waals surface area contributed by atoms with Crippen molar-refractivity contribution in [3.8, 4) is 0 Å². The summed E-state index contributed by atoms with van der Waals surface area (Å²) in [6.45, 7) is 8.56. The second kappa shape index (κ2) is 12.3. The van der Waals surface area contributed by atoms with Crippen LogP contribution in [0.25, 0.3) is 0 Å². The Morgan fingerprint density at radius 1 is 1.19 bits per heavy atom. The summed E-state index contributed by atoms with van der Waals surface area (Å²) in [6, 6.07) is -0.579. The second-order valence-electron chi connectivity index (χ2n) is 8.42. The number of carbonyl (C=O) groups excluding carboxylic acids is 2. The number of amides is 2. The molecule has 1 saturated carbocycles. The van der Waals surface area contributed by atoms with E-state index in [4.69, 9.17) is 4.74 Å². The fraction of sp³-hybridized carbons (Fsp3) is 0.900. The molecule has 27 heavy (non-hydrogen) atoms. The van der Waals surface area contributed by atoms with Crippen molar-refractivity contribution in [3.05, 3.63) is 0 Å². The van der Waals surface area contributed by atoms with Crippen LogP contribution < -0.4 is 16.0 Å². The maximum absolute atomic E-state index is 12.2. The zero-order valence-corrected chi connectivity index (χ0v) is 17.5. The molecule has 0 aliphatic heterocycles. The predicted molar refractivity (Wildman–Crippen MR) is 106 cm³/mol. The van der Waals surface area contributed by atoms with Crippen molar-refractivity contribution >= 4 is 11.8 Å². The molecule has 7 nitrogen and oxygen atoms in total. The van der Waals surface area contributed by atoms with Gasteiger partial charge in [-0.1, -0.05) is 39.0 Å². The van der Waals surface area contributed by atoms with Crippen molar-refractivity contribution in [2.24, 2.45) is 5.92 Å². The van der Waals surface area contributed by atoms with Crippen molar-refractivity contribution in [1.82, 2.24) is 16.0 Å². The van der Waals surface area contributed by atoms with Crippen LogP contribution in [0.2, 0.25) is 0 Å². The Kier molecular flexibility index (Phi) is 10.9. The van der Waals surface area contributed by atoms with Crippen LogP contribution in [0.3, 0.4) is 0 Å². The lowest BCUT2D eigenvalue weighted by Gasteiger charge is -2.24. The third-order valence-corrected chi connectivity index (χ3v) is 4.78. The molecule has 0 aromatic heterocycles. The Bertz CT molecular complexity index is 445. The van der Waals surface area contributed by atoms with E-state index in [1.165, 1.54) is 19.3 Å². The Morgan fingerprint density at radius 3 is 2.44 bits per heavy atom. The van der Waals surface area contributed by atoms with Crippen molar-refractivity contribution in [2.75, 3.05) is 19.7 Å². The smallest absolute Gasteiger partial charge is 0.242 e. The highest BCUT2D eigenvalue weighted by Crippen LogP contribution is 2.26. The fourth-order valence-corrected chi connectivity index (χ4v) is 3.29. The van der Waals surface area contributed by atoms with Crippen LogP contribution in [0.4, 0.5) is 0 Å². The second-order valence-corrected chi connectivity index (χ2v) is 8.42. The van der Waals surface area contributed by atoms with Gasteiger partial charge < -0.3 is 20.5 Å². The summed E-state index contributed by atoms with van der Waals surface area (Å²) in [7, 11) is 0. The minimum atomic E-state index is -0.678. The van der Waals surface area contributed by atoms with Crippen molar-refractivity contribution in [2.45, 2.75) is 90.5 Å². The first-order valence-corrected chi connectivity index (χ1v) is 10.3.